The molecule has 1 aliphatic rings. The van der Waals surface area contributed by atoms with Crippen LogP contribution in [-0.2, 0) is 38.7 Å². The molecule has 0 bridgehead atoms. The number of carbonyl (C=O) groups excluding carboxylic acids is 4. The molecule has 0 aromatic heterocycles. The van der Waals surface area contributed by atoms with E-state index in [1.165, 1.54) is 31.2 Å². The minimum Gasteiger partial charge on any atom is -0.468 e. The standard InChI is InChI=1S/C20H24N2O8S/c1-12-5-8-15(9-6-12)31(27,28)21-18(24)16-10-7-14(11-22(16)13(2)23)17(19(25)29-3)20(26)30-4/h5-10,14,16-17H,11H2,1-4H3,(H,21,24)/t14-,16-/m0/s1. The Kier molecular flexibility index (Phi) is 7.55. The van der Waals surface area contributed by atoms with Crippen LogP contribution in [0.2, 0.25) is 0 Å². The summed E-state index contributed by atoms with van der Waals surface area (Å²) < 4.78 is 36.3. The van der Waals surface area contributed by atoms with E-state index in [2.05, 4.69) is 9.47 Å². The molecule has 1 heterocycles. The Hall–Kier alpha value is -3.21. The highest BCUT2D eigenvalue weighted by molar-refractivity contribution is 7.90. The molecule has 1 aromatic rings. The largest absolute Gasteiger partial charge is 0.468 e. The Morgan fingerprint density at radius 1 is 1.03 bits per heavy atom. The molecule has 0 saturated heterocycles. The number of esters is 2. The molecule has 0 spiro atoms. The first kappa shape index (κ1) is 24.1. The molecule has 10 nitrogen and oxygen atoms in total. The van der Waals surface area contributed by atoms with Crippen LogP contribution in [0.1, 0.15) is 12.5 Å². The molecule has 1 N–H and O–H groups in total. The number of hydrogen-bond acceptors (Lipinski definition) is 8. The van der Waals surface area contributed by atoms with E-state index in [4.69, 9.17) is 0 Å². The average molecular weight is 452 g/mol. The molecule has 11 heteroatoms. The van der Waals surface area contributed by atoms with E-state index in [0.29, 0.717) is 0 Å². The SMILES string of the molecule is COC(=O)C(C(=O)OC)[C@H]1C=C[C@@H](C(=O)NS(=O)(=O)c2ccc(C)cc2)N(C(C)=O)C1. The molecular weight excluding hydrogens is 428 g/mol. The first-order chi connectivity index (χ1) is 14.5. The van der Waals surface area contributed by atoms with Crippen molar-refractivity contribution in [1.29, 1.82) is 0 Å². The van der Waals surface area contributed by atoms with Crippen LogP contribution in [0.3, 0.4) is 0 Å². The third-order valence-corrected chi connectivity index (χ3v) is 6.22. The van der Waals surface area contributed by atoms with Gasteiger partial charge < -0.3 is 14.4 Å². The van der Waals surface area contributed by atoms with Crippen LogP contribution in [0.4, 0.5) is 0 Å². The molecule has 1 aromatic carbocycles. The van der Waals surface area contributed by atoms with Gasteiger partial charge in [0, 0.05) is 19.4 Å². The molecule has 0 aliphatic carbocycles. The number of rotatable bonds is 6. The van der Waals surface area contributed by atoms with Gasteiger partial charge in [-0.2, -0.15) is 0 Å². The van der Waals surface area contributed by atoms with Gasteiger partial charge in [-0.3, -0.25) is 19.2 Å². The third kappa shape index (κ3) is 5.48. The summed E-state index contributed by atoms with van der Waals surface area (Å²) in [5.41, 5.74) is 0.847. The number of amides is 2. The van der Waals surface area contributed by atoms with E-state index >= 15 is 0 Å². The zero-order valence-corrected chi connectivity index (χ0v) is 18.3. The zero-order chi connectivity index (χ0) is 23.3. The van der Waals surface area contributed by atoms with Gasteiger partial charge in [-0.25, -0.2) is 13.1 Å². The van der Waals surface area contributed by atoms with E-state index < -0.39 is 51.7 Å². The van der Waals surface area contributed by atoms with Crippen molar-refractivity contribution < 1.29 is 37.1 Å². The molecule has 2 amide bonds. The summed E-state index contributed by atoms with van der Waals surface area (Å²) in [6.07, 6.45) is 2.68. The van der Waals surface area contributed by atoms with Gasteiger partial charge >= 0.3 is 11.9 Å². The maximum atomic E-state index is 12.7. The Morgan fingerprint density at radius 2 is 1.58 bits per heavy atom. The van der Waals surface area contributed by atoms with Crippen LogP contribution >= 0.6 is 0 Å². The van der Waals surface area contributed by atoms with Gasteiger partial charge in [0.2, 0.25) is 5.91 Å². The second-order valence-corrected chi connectivity index (χ2v) is 8.65. The van der Waals surface area contributed by atoms with Gasteiger partial charge in [0.1, 0.15) is 6.04 Å². The third-order valence-electron chi connectivity index (χ3n) is 4.86. The highest BCUT2D eigenvalue weighted by atomic mass is 32.2. The second-order valence-electron chi connectivity index (χ2n) is 6.97. The fourth-order valence-corrected chi connectivity index (χ4v) is 4.19. The number of carbonyl (C=O) groups is 4. The van der Waals surface area contributed by atoms with Crippen LogP contribution in [-0.4, -0.2) is 63.9 Å². The normalized spacial score (nSPS) is 18.4. The number of ether oxygens (including phenoxy) is 2. The van der Waals surface area contributed by atoms with E-state index in [0.717, 1.165) is 24.7 Å². The summed E-state index contributed by atoms with van der Waals surface area (Å²) in [5, 5.41) is 0. The fourth-order valence-electron chi connectivity index (χ4n) is 3.19. The lowest BCUT2D eigenvalue weighted by Crippen LogP contribution is -2.54. The monoisotopic (exact) mass is 452 g/mol. The van der Waals surface area contributed by atoms with Crippen LogP contribution in [0.15, 0.2) is 41.3 Å². The molecule has 0 saturated carbocycles. The summed E-state index contributed by atoms with van der Waals surface area (Å²) >= 11 is 0. The molecule has 0 radical (unpaired) electrons. The number of nitrogens with one attached hydrogen (secondary N) is 1. The average Bonchev–Trinajstić information content (AvgIpc) is 2.73. The van der Waals surface area contributed by atoms with Crippen molar-refractivity contribution in [1.82, 2.24) is 9.62 Å². The van der Waals surface area contributed by atoms with Gasteiger partial charge in [-0.15, -0.1) is 0 Å². The lowest BCUT2D eigenvalue weighted by atomic mass is 9.87. The summed E-state index contributed by atoms with van der Waals surface area (Å²) in [5.74, 6) is -5.35. The Labute approximate surface area is 180 Å². The number of hydrogen-bond donors (Lipinski definition) is 1. The van der Waals surface area contributed by atoms with Crippen molar-refractivity contribution in [3.05, 3.63) is 42.0 Å². The van der Waals surface area contributed by atoms with Crippen molar-refractivity contribution in [3.8, 4) is 0 Å². The van der Waals surface area contributed by atoms with E-state index in [9.17, 15) is 27.6 Å². The lowest BCUT2D eigenvalue weighted by Gasteiger charge is -2.35. The van der Waals surface area contributed by atoms with Crippen LogP contribution in [0.25, 0.3) is 0 Å². The van der Waals surface area contributed by atoms with E-state index in [1.54, 1.807) is 19.1 Å². The maximum absolute atomic E-state index is 12.7. The molecular formula is C20H24N2O8S. The molecule has 31 heavy (non-hydrogen) atoms. The Balaban J connectivity index is 2.29. The molecule has 168 valence electrons. The van der Waals surface area contributed by atoms with E-state index in [-0.39, 0.29) is 11.4 Å². The van der Waals surface area contributed by atoms with Gasteiger partial charge in [0.25, 0.3) is 15.9 Å². The predicted molar refractivity (Wildman–Crippen MR) is 108 cm³/mol. The van der Waals surface area contributed by atoms with Crippen LogP contribution < -0.4 is 4.72 Å². The number of nitrogens with zero attached hydrogens (tertiary/aromatic N) is 1. The van der Waals surface area contributed by atoms with Crippen molar-refractivity contribution in [3.63, 3.8) is 0 Å². The number of benzene rings is 1. The van der Waals surface area contributed by atoms with Gasteiger partial charge in [-0.1, -0.05) is 29.8 Å². The predicted octanol–water partition coefficient (Wildman–Crippen LogP) is 0.165. The molecule has 2 rings (SSSR count). The summed E-state index contributed by atoms with van der Waals surface area (Å²) in [4.78, 5) is 49.9. The van der Waals surface area contributed by atoms with Crippen molar-refractivity contribution >= 4 is 33.8 Å². The fraction of sp³-hybridized carbons (Fsp3) is 0.400. The van der Waals surface area contributed by atoms with Crippen molar-refractivity contribution in [2.75, 3.05) is 20.8 Å². The minimum atomic E-state index is -4.16. The summed E-state index contributed by atoms with van der Waals surface area (Å²) in [6.45, 7) is 2.79. The lowest BCUT2D eigenvalue weighted by molar-refractivity contribution is -0.162. The highest BCUT2D eigenvalue weighted by Gasteiger charge is 2.41. The van der Waals surface area contributed by atoms with Gasteiger partial charge in [0.05, 0.1) is 19.1 Å². The van der Waals surface area contributed by atoms with Gasteiger partial charge in [-0.05, 0) is 19.1 Å². The van der Waals surface area contributed by atoms with Crippen molar-refractivity contribution in [2.45, 2.75) is 24.8 Å². The van der Waals surface area contributed by atoms with E-state index in [1.807, 2.05) is 4.72 Å². The Bertz CT molecular complexity index is 985. The molecule has 2 atom stereocenters. The number of aryl methyl sites for hydroxylation is 1. The van der Waals surface area contributed by atoms with Gasteiger partial charge in [0.15, 0.2) is 5.92 Å². The number of methoxy groups -OCH3 is 2. The minimum absolute atomic E-state index is 0.102. The second kappa shape index (κ2) is 9.73. The Morgan fingerprint density at radius 3 is 2.06 bits per heavy atom. The highest BCUT2D eigenvalue weighted by Crippen LogP contribution is 2.25. The molecule has 0 unspecified atom stereocenters. The summed E-state index contributed by atoms with van der Waals surface area (Å²) in [6, 6.07) is 4.65. The van der Waals surface area contributed by atoms with Crippen molar-refractivity contribution in [2.24, 2.45) is 11.8 Å². The molecule has 0 fully saturated rings. The summed E-state index contributed by atoms with van der Waals surface area (Å²) in [7, 11) is -1.94. The first-order valence-electron chi connectivity index (χ1n) is 9.26. The quantitative estimate of drug-likeness (QED) is 0.366. The number of sulfonamides is 1. The zero-order valence-electron chi connectivity index (χ0n) is 17.5. The maximum Gasteiger partial charge on any atom is 0.320 e. The topological polar surface area (TPSA) is 136 Å². The van der Waals surface area contributed by atoms with Crippen LogP contribution in [0, 0.1) is 18.8 Å². The smallest absolute Gasteiger partial charge is 0.320 e. The molecule has 1 aliphatic heterocycles. The first-order valence-corrected chi connectivity index (χ1v) is 10.7. The van der Waals surface area contributed by atoms with Crippen LogP contribution in [0.5, 0.6) is 0 Å².